The Balaban J connectivity index is 6.19. The highest BCUT2D eigenvalue weighted by Crippen LogP contribution is 2.58. The summed E-state index contributed by atoms with van der Waals surface area (Å²) in [6.45, 7) is 17.6. The second-order valence-corrected chi connectivity index (χ2v) is 7.82. The molecule has 0 bridgehead atoms. The van der Waals surface area contributed by atoms with E-state index in [2.05, 4.69) is 48.5 Å². The average Bonchev–Trinajstić information content (AvgIpc) is 2.51. The van der Waals surface area contributed by atoms with E-state index in [-0.39, 0.29) is 22.4 Å². The predicted octanol–water partition coefficient (Wildman–Crippen LogP) is 6.91. The third-order valence-corrected chi connectivity index (χ3v) is 6.47. The maximum atomic E-state index is 12.1. The summed E-state index contributed by atoms with van der Waals surface area (Å²) in [5.41, 5.74) is -0.147. The standard InChI is InChI=1S/C21H42O2/c1-9-14-16-21(17-15-10-2,23-18(6)22)20(12-4,13-5)19(7,8)11-3/h9-17H2,1-8H3. The van der Waals surface area contributed by atoms with Gasteiger partial charge in [0.25, 0.3) is 0 Å². The zero-order chi connectivity index (χ0) is 18.1. The van der Waals surface area contributed by atoms with Gasteiger partial charge in [-0.1, -0.05) is 67.7 Å². The van der Waals surface area contributed by atoms with E-state index >= 15 is 0 Å². The van der Waals surface area contributed by atoms with Crippen LogP contribution in [0, 0.1) is 10.8 Å². The van der Waals surface area contributed by atoms with Crippen molar-refractivity contribution in [1.82, 2.24) is 0 Å². The van der Waals surface area contributed by atoms with Gasteiger partial charge in [-0.3, -0.25) is 4.79 Å². The first-order valence-corrected chi connectivity index (χ1v) is 9.92. The van der Waals surface area contributed by atoms with Crippen LogP contribution in [0.25, 0.3) is 0 Å². The lowest BCUT2D eigenvalue weighted by atomic mass is 9.51. The van der Waals surface area contributed by atoms with Crippen LogP contribution in [-0.4, -0.2) is 11.6 Å². The third kappa shape index (κ3) is 4.73. The second kappa shape index (κ2) is 9.69. The molecule has 0 atom stereocenters. The quantitative estimate of drug-likeness (QED) is 0.364. The number of esters is 1. The van der Waals surface area contributed by atoms with Gasteiger partial charge >= 0.3 is 5.97 Å². The summed E-state index contributed by atoms with van der Waals surface area (Å²) >= 11 is 0. The first-order valence-electron chi connectivity index (χ1n) is 9.92. The van der Waals surface area contributed by atoms with E-state index in [4.69, 9.17) is 4.74 Å². The van der Waals surface area contributed by atoms with E-state index < -0.39 is 0 Å². The second-order valence-electron chi connectivity index (χ2n) is 7.82. The minimum absolute atomic E-state index is 0.0325. The van der Waals surface area contributed by atoms with Crippen molar-refractivity contribution in [3.8, 4) is 0 Å². The summed E-state index contributed by atoms with van der Waals surface area (Å²) in [6.07, 6.45) is 9.75. The van der Waals surface area contributed by atoms with E-state index in [1.54, 1.807) is 6.92 Å². The van der Waals surface area contributed by atoms with Crippen LogP contribution in [0.3, 0.4) is 0 Å². The number of rotatable bonds is 12. The summed E-state index contributed by atoms with van der Waals surface area (Å²) < 4.78 is 6.24. The maximum Gasteiger partial charge on any atom is 0.303 e. The molecule has 0 aromatic rings. The lowest BCUT2D eigenvalue weighted by Crippen LogP contribution is -2.58. The summed E-state index contributed by atoms with van der Waals surface area (Å²) in [6, 6.07) is 0. The molecule has 0 aliphatic rings. The van der Waals surface area contributed by atoms with Gasteiger partial charge in [-0.25, -0.2) is 0 Å². The molecule has 0 amide bonds. The SMILES string of the molecule is CCCCC(CCCC)(OC(C)=O)C(CC)(CC)C(C)(C)CC. The Morgan fingerprint density at radius 3 is 1.52 bits per heavy atom. The Labute approximate surface area is 145 Å². The van der Waals surface area contributed by atoms with E-state index in [1.807, 2.05) is 0 Å². The van der Waals surface area contributed by atoms with Gasteiger partial charge < -0.3 is 4.74 Å². The molecule has 2 heteroatoms. The first-order chi connectivity index (χ1) is 10.7. The molecule has 0 aliphatic heterocycles. The van der Waals surface area contributed by atoms with Crippen molar-refractivity contribution in [2.45, 2.75) is 119 Å². The van der Waals surface area contributed by atoms with Crippen molar-refractivity contribution in [1.29, 1.82) is 0 Å². The van der Waals surface area contributed by atoms with Crippen molar-refractivity contribution in [2.24, 2.45) is 10.8 Å². The fourth-order valence-corrected chi connectivity index (χ4v) is 4.81. The van der Waals surface area contributed by atoms with Crippen molar-refractivity contribution in [3.05, 3.63) is 0 Å². The normalized spacial score (nSPS) is 13.2. The van der Waals surface area contributed by atoms with E-state index in [9.17, 15) is 4.79 Å². The Kier molecular flexibility index (Phi) is 9.47. The van der Waals surface area contributed by atoms with Crippen molar-refractivity contribution in [3.63, 3.8) is 0 Å². The van der Waals surface area contributed by atoms with Gasteiger partial charge in [0.05, 0.1) is 0 Å². The topological polar surface area (TPSA) is 26.3 Å². The molecule has 0 N–H and O–H groups in total. The third-order valence-electron chi connectivity index (χ3n) is 6.47. The molecule has 0 aromatic heterocycles. The molecule has 0 rings (SSSR count). The summed E-state index contributed by atoms with van der Waals surface area (Å²) in [5.74, 6) is -0.115. The van der Waals surface area contributed by atoms with Crippen LogP contribution in [0.4, 0.5) is 0 Å². The maximum absolute atomic E-state index is 12.1. The molecule has 0 saturated carbocycles. The molecule has 23 heavy (non-hydrogen) atoms. The smallest absolute Gasteiger partial charge is 0.303 e. The molecule has 0 unspecified atom stereocenters. The Morgan fingerprint density at radius 2 is 1.26 bits per heavy atom. The fourth-order valence-electron chi connectivity index (χ4n) is 4.81. The van der Waals surface area contributed by atoms with Crippen molar-refractivity contribution >= 4 is 5.97 Å². The fraction of sp³-hybridized carbons (Fsp3) is 0.952. The number of hydrogen-bond acceptors (Lipinski definition) is 2. The Bertz CT molecular complexity index is 332. The van der Waals surface area contributed by atoms with Gasteiger partial charge in [-0.15, -0.1) is 0 Å². The number of ether oxygens (including phenoxy) is 1. The largest absolute Gasteiger partial charge is 0.459 e. The van der Waals surface area contributed by atoms with Gasteiger partial charge in [0.15, 0.2) is 0 Å². The van der Waals surface area contributed by atoms with Crippen LogP contribution in [0.1, 0.15) is 113 Å². The summed E-state index contributed by atoms with van der Waals surface area (Å²) in [4.78, 5) is 12.1. The lowest BCUT2D eigenvalue weighted by Gasteiger charge is -2.58. The minimum atomic E-state index is -0.326. The highest BCUT2D eigenvalue weighted by atomic mass is 16.6. The van der Waals surface area contributed by atoms with Gasteiger partial charge in [0.2, 0.25) is 0 Å². The van der Waals surface area contributed by atoms with Gasteiger partial charge in [0, 0.05) is 12.3 Å². The van der Waals surface area contributed by atoms with Gasteiger partial charge in [0.1, 0.15) is 5.60 Å². The van der Waals surface area contributed by atoms with E-state index in [0.29, 0.717) is 0 Å². The molecule has 0 saturated heterocycles. The number of carbonyl (C=O) groups is 1. The molecule has 0 fully saturated rings. The van der Waals surface area contributed by atoms with Crippen LogP contribution in [0.2, 0.25) is 0 Å². The Hall–Kier alpha value is -0.530. The van der Waals surface area contributed by atoms with Crippen LogP contribution in [-0.2, 0) is 9.53 Å². The zero-order valence-corrected chi connectivity index (χ0v) is 17.2. The molecular weight excluding hydrogens is 284 g/mol. The monoisotopic (exact) mass is 326 g/mol. The molecule has 0 heterocycles. The van der Waals surface area contributed by atoms with Crippen LogP contribution >= 0.6 is 0 Å². The molecule has 0 aliphatic carbocycles. The van der Waals surface area contributed by atoms with Gasteiger partial charge in [-0.05, 0) is 43.9 Å². The van der Waals surface area contributed by atoms with Gasteiger partial charge in [-0.2, -0.15) is 0 Å². The molecule has 0 aromatic carbocycles. The summed E-state index contributed by atoms with van der Waals surface area (Å²) in [5, 5.41) is 0. The van der Waals surface area contributed by atoms with Crippen LogP contribution in [0.15, 0.2) is 0 Å². The molecular formula is C21H42O2. The van der Waals surface area contributed by atoms with Crippen LogP contribution < -0.4 is 0 Å². The van der Waals surface area contributed by atoms with E-state index in [1.165, 1.54) is 0 Å². The number of unbranched alkanes of at least 4 members (excludes halogenated alkanes) is 2. The lowest BCUT2D eigenvalue weighted by molar-refractivity contribution is -0.203. The minimum Gasteiger partial charge on any atom is -0.459 e. The number of carbonyl (C=O) groups excluding carboxylic acids is 1. The predicted molar refractivity (Wildman–Crippen MR) is 101 cm³/mol. The average molecular weight is 327 g/mol. The van der Waals surface area contributed by atoms with E-state index in [0.717, 1.165) is 57.8 Å². The molecule has 0 radical (unpaired) electrons. The van der Waals surface area contributed by atoms with Crippen molar-refractivity contribution in [2.75, 3.05) is 0 Å². The summed E-state index contributed by atoms with van der Waals surface area (Å²) in [7, 11) is 0. The Morgan fingerprint density at radius 1 is 0.826 bits per heavy atom. The first kappa shape index (κ1) is 22.5. The zero-order valence-electron chi connectivity index (χ0n) is 17.2. The molecule has 2 nitrogen and oxygen atoms in total. The highest BCUT2D eigenvalue weighted by Gasteiger charge is 2.57. The highest BCUT2D eigenvalue weighted by molar-refractivity contribution is 5.66. The number of hydrogen-bond donors (Lipinski definition) is 0. The van der Waals surface area contributed by atoms with Crippen LogP contribution in [0.5, 0.6) is 0 Å². The molecule has 0 spiro atoms. The molecule has 138 valence electrons. The van der Waals surface area contributed by atoms with Crippen molar-refractivity contribution < 1.29 is 9.53 Å².